The summed E-state index contributed by atoms with van der Waals surface area (Å²) in [5, 5.41) is 3.81. The van der Waals surface area contributed by atoms with Gasteiger partial charge in [-0.25, -0.2) is 0 Å². The molecule has 0 aliphatic rings. The third-order valence-corrected chi connectivity index (χ3v) is 4.58. The molecule has 1 rings (SSSR count). The number of benzene rings is 1. The van der Waals surface area contributed by atoms with Gasteiger partial charge in [-0.1, -0.05) is 59.2 Å². The SMILES string of the molecule is CCCCN=C(C)C(C)(C)Nc1c(C(C)C)cccc1C(C)C. The quantitative estimate of drug-likeness (QED) is 0.436. The van der Waals surface area contributed by atoms with Crippen molar-refractivity contribution in [2.45, 2.75) is 85.6 Å². The molecule has 1 aromatic carbocycles. The number of rotatable bonds is 8. The number of anilines is 1. The monoisotopic (exact) mass is 316 g/mol. The first-order valence-electron chi connectivity index (χ1n) is 9.13. The Bertz CT molecular complexity index is 498. The van der Waals surface area contributed by atoms with Crippen molar-refractivity contribution in [3.63, 3.8) is 0 Å². The minimum absolute atomic E-state index is 0.137. The van der Waals surface area contributed by atoms with Gasteiger partial charge in [-0.3, -0.25) is 4.99 Å². The van der Waals surface area contributed by atoms with Gasteiger partial charge in [-0.2, -0.15) is 0 Å². The minimum atomic E-state index is -0.137. The molecule has 0 spiro atoms. The lowest BCUT2D eigenvalue weighted by Gasteiger charge is -2.32. The van der Waals surface area contributed by atoms with Crippen molar-refractivity contribution in [3.8, 4) is 0 Å². The Kier molecular flexibility index (Phi) is 7.31. The smallest absolute Gasteiger partial charge is 0.0693 e. The van der Waals surface area contributed by atoms with E-state index in [2.05, 4.69) is 78.9 Å². The van der Waals surface area contributed by atoms with Crippen molar-refractivity contribution in [2.75, 3.05) is 11.9 Å². The third-order valence-electron chi connectivity index (χ3n) is 4.58. The molecular weight excluding hydrogens is 280 g/mol. The van der Waals surface area contributed by atoms with Crippen LogP contribution in [0, 0.1) is 0 Å². The van der Waals surface area contributed by atoms with Gasteiger partial charge < -0.3 is 5.32 Å². The van der Waals surface area contributed by atoms with Crippen LogP contribution >= 0.6 is 0 Å². The molecule has 0 aromatic heterocycles. The topological polar surface area (TPSA) is 24.4 Å². The fraction of sp³-hybridized carbons (Fsp3) is 0.667. The first-order chi connectivity index (χ1) is 10.7. The van der Waals surface area contributed by atoms with E-state index in [1.165, 1.54) is 28.9 Å². The highest BCUT2D eigenvalue weighted by atomic mass is 15.0. The van der Waals surface area contributed by atoms with Crippen molar-refractivity contribution in [1.29, 1.82) is 0 Å². The summed E-state index contributed by atoms with van der Waals surface area (Å²) in [6.07, 6.45) is 2.35. The second-order valence-electron chi connectivity index (χ2n) is 7.69. The lowest BCUT2D eigenvalue weighted by molar-refractivity contribution is 0.724. The Morgan fingerprint density at radius 2 is 1.61 bits per heavy atom. The van der Waals surface area contributed by atoms with E-state index >= 15 is 0 Å². The van der Waals surface area contributed by atoms with Crippen molar-refractivity contribution >= 4 is 11.4 Å². The highest BCUT2D eigenvalue weighted by molar-refractivity contribution is 5.93. The Balaban J connectivity index is 3.17. The number of hydrogen-bond donors (Lipinski definition) is 1. The van der Waals surface area contributed by atoms with E-state index < -0.39 is 0 Å². The largest absolute Gasteiger partial charge is 0.374 e. The molecule has 1 N–H and O–H groups in total. The van der Waals surface area contributed by atoms with E-state index in [0.29, 0.717) is 11.8 Å². The van der Waals surface area contributed by atoms with Gasteiger partial charge in [0, 0.05) is 17.9 Å². The predicted molar refractivity (Wildman–Crippen MR) is 105 cm³/mol. The lowest BCUT2D eigenvalue weighted by atomic mass is 9.90. The second-order valence-corrected chi connectivity index (χ2v) is 7.69. The summed E-state index contributed by atoms with van der Waals surface area (Å²) in [6.45, 7) is 18.8. The molecule has 0 saturated carbocycles. The van der Waals surface area contributed by atoms with Crippen molar-refractivity contribution in [3.05, 3.63) is 29.3 Å². The summed E-state index contributed by atoms with van der Waals surface area (Å²) in [7, 11) is 0. The predicted octanol–water partition coefficient (Wildman–Crippen LogP) is 6.38. The molecule has 0 unspecified atom stereocenters. The number of aliphatic imine (C=N–C) groups is 1. The fourth-order valence-electron chi connectivity index (χ4n) is 2.70. The molecule has 0 bridgehead atoms. The van der Waals surface area contributed by atoms with E-state index in [9.17, 15) is 0 Å². The Labute approximate surface area is 143 Å². The van der Waals surface area contributed by atoms with E-state index in [0.717, 1.165) is 13.0 Å². The third kappa shape index (κ3) is 5.37. The molecular formula is C21H36N2. The van der Waals surface area contributed by atoms with Crippen LogP contribution in [0.1, 0.15) is 91.2 Å². The fourth-order valence-corrected chi connectivity index (χ4v) is 2.70. The van der Waals surface area contributed by atoms with Gasteiger partial charge in [0.05, 0.1) is 5.54 Å². The zero-order valence-electron chi connectivity index (χ0n) is 16.5. The van der Waals surface area contributed by atoms with Crippen LogP contribution < -0.4 is 5.32 Å². The summed E-state index contributed by atoms with van der Waals surface area (Å²) in [4.78, 5) is 4.78. The molecule has 0 atom stereocenters. The minimum Gasteiger partial charge on any atom is -0.374 e. The van der Waals surface area contributed by atoms with E-state index in [4.69, 9.17) is 4.99 Å². The molecule has 0 saturated heterocycles. The van der Waals surface area contributed by atoms with Crippen LogP contribution in [-0.4, -0.2) is 17.8 Å². The molecule has 0 aliphatic carbocycles. The summed E-state index contributed by atoms with van der Waals surface area (Å²) in [6, 6.07) is 6.68. The van der Waals surface area contributed by atoms with Gasteiger partial charge in [0.15, 0.2) is 0 Å². The Morgan fingerprint density at radius 3 is 2.04 bits per heavy atom. The zero-order valence-corrected chi connectivity index (χ0v) is 16.5. The molecule has 2 heteroatoms. The van der Waals surface area contributed by atoms with Crippen molar-refractivity contribution < 1.29 is 0 Å². The first-order valence-corrected chi connectivity index (χ1v) is 9.13. The Hall–Kier alpha value is -1.31. The average molecular weight is 317 g/mol. The standard InChI is InChI=1S/C21H36N2/c1-9-10-14-22-17(6)21(7,8)23-20-18(15(2)3)12-11-13-19(20)16(4)5/h11-13,15-16,23H,9-10,14H2,1-8H3. The van der Waals surface area contributed by atoms with Gasteiger partial charge in [-0.05, 0) is 50.2 Å². The average Bonchev–Trinajstić information content (AvgIpc) is 2.46. The molecule has 0 fully saturated rings. The van der Waals surface area contributed by atoms with Crippen LogP contribution in [-0.2, 0) is 0 Å². The van der Waals surface area contributed by atoms with Crippen LogP contribution in [0.5, 0.6) is 0 Å². The number of nitrogens with zero attached hydrogens (tertiary/aromatic N) is 1. The Morgan fingerprint density at radius 1 is 1.09 bits per heavy atom. The summed E-state index contributed by atoms with van der Waals surface area (Å²) < 4.78 is 0. The maximum atomic E-state index is 4.78. The van der Waals surface area contributed by atoms with E-state index in [1.54, 1.807) is 0 Å². The first kappa shape index (κ1) is 19.7. The van der Waals surface area contributed by atoms with Crippen LogP contribution in [0.2, 0.25) is 0 Å². The van der Waals surface area contributed by atoms with Gasteiger partial charge in [0.2, 0.25) is 0 Å². The second kappa shape index (κ2) is 8.52. The molecule has 0 amide bonds. The molecule has 1 aromatic rings. The molecule has 0 heterocycles. The van der Waals surface area contributed by atoms with E-state index in [-0.39, 0.29) is 5.54 Å². The van der Waals surface area contributed by atoms with Crippen LogP contribution in [0.4, 0.5) is 5.69 Å². The van der Waals surface area contributed by atoms with Gasteiger partial charge in [0.25, 0.3) is 0 Å². The molecule has 23 heavy (non-hydrogen) atoms. The summed E-state index contributed by atoms with van der Waals surface area (Å²) in [5.41, 5.74) is 5.13. The lowest BCUT2D eigenvalue weighted by Crippen LogP contribution is -2.39. The molecule has 0 aliphatic heterocycles. The maximum Gasteiger partial charge on any atom is 0.0693 e. The van der Waals surface area contributed by atoms with Gasteiger partial charge in [0.1, 0.15) is 0 Å². The van der Waals surface area contributed by atoms with Crippen LogP contribution in [0.15, 0.2) is 23.2 Å². The van der Waals surface area contributed by atoms with Crippen molar-refractivity contribution in [2.24, 2.45) is 4.99 Å². The maximum absolute atomic E-state index is 4.78. The van der Waals surface area contributed by atoms with Crippen LogP contribution in [0.3, 0.4) is 0 Å². The molecule has 0 radical (unpaired) electrons. The van der Waals surface area contributed by atoms with Gasteiger partial charge in [-0.15, -0.1) is 0 Å². The number of nitrogens with one attached hydrogen (secondary N) is 1. The van der Waals surface area contributed by atoms with E-state index in [1.807, 2.05) is 0 Å². The molecule has 130 valence electrons. The number of hydrogen-bond acceptors (Lipinski definition) is 2. The van der Waals surface area contributed by atoms with Gasteiger partial charge >= 0.3 is 0 Å². The highest BCUT2D eigenvalue weighted by Crippen LogP contribution is 2.34. The number of unbranched alkanes of at least 4 members (excludes halogenated alkanes) is 1. The highest BCUT2D eigenvalue weighted by Gasteiger charge is 2.24. The van der Waals surface area contributed by atoms with Crippen LogP contribution in [0.25, 0.3) is 0 Å². The summed E-state index contributed by atoms with van der Waals surface area (Å²) in [5.74, 6) is 1.01. The van der Waals surface area contributed by atoms with Crippen molar-refractivity contribution in [1.82, 2.24) is 0 Å². The summed E-state index contributed by atoms with van der Waals surface area (Å²) >= 11 is 0. The zero-order chi connectivity index (χ0) is 17.6. The molecule has 2 nitrogen and oxygen atoms in total. The number of para-hydroxylation sites is 1. The normalized spacial score (nSPS) is 13.0.